The van der Waals surface area contributed by atoms with Gasteiger partial charge < -0.3 is 15.2 Å². The van der Waals surface area contributed by atoms with Crippen molar-refractivity contribution >= 4 is 71.0 Å². The van der Waals surface area contributed by atoms with E-state index in [2.05, 4.69) is 41.9 Å². The van der Waals surface area contributed by atoms with Crippen LogP contribution in [0.2, 0.25) is 5.02 Å². The first kappa shape index (κ1) is 23.5. The van der Waals surface area contributed by atoms with Crippen LogP contribution in [0, 0.1) is 0 Å². The van der Waals surface area contributed by atoms with Crippen LogP contribution in [0.15, 0.2) is 39.3 Å². The predicted molar refractivity (Wildman–Crippen MR) is 116 cm³/mol. The van der Waals surface area contributed by atoms with Crippen molar-refractivity contribution < 1.29 is 27.9 Å². The molecule has 0 saturated heterocycles. The number of aliphatic carboxylic acids is 1. The fourth-order valence-corrected chi connectivity index (χ4v) is 4.47. The van der Waals surface area contributed by atoms with E-state index >= 15 is 0 Å². The maximum absolute atomic E-state index is 12.0. The quantitative estimate of drug-likeness (QED) is 0.446. The molecule has 8 nitrogen and oxygen atoms in total. The number of benzene rings is 2. The Morgan fingerprint density at radius 1 is 1.14 bits per heavy atom. The van der Waals surface area contributed by atoms with Crippen LogP contribution in [-0.4, -0.2) is 38.2 Å². The van der Waals surface area contributed by atoms with E-state index in [1.54, 1.807) is 12.1 Å². The van der Waals surface area contributed by atoms with Crippen molar-refractivity contribution in [2.24, 2.45) is 0 Å². The largest absolute Gasteiger partial charge is 0.487 e. The third kappa shape index (κ3) is 7.50. The maximum atomic E-state index is 12.0. The second-order valence-corrected chi connectivity index (χ2v) is 9.75. The lowest BCUT2D eigenvalue weighted by atomic mass is 10.2. The molecular weight excluding hydrogens is 556 g/mol. The first-order valence-corrected chi connectivity index (χ1v) is 11.7. The highest BCUT2D eigenvalue weighted by Gasteiger charge is 2.15. The molecule has 0 fully saturated rings. The minimum Gasteiger partial charge on any atom is -0.487 e. The summed E-state index contributed by atoms with van der Waals surface area (Å²) in [6.45, 7) is -0.425. The fraction of sp³-hybridized carbons (Fsp3) is 0.176. The van der Waals surface area contributed by atoms with Gasteiger partial charge in [0.05, 0.1) is 20.9 Å². The number of carbonyl (C=O) groups is 2. The van der Waals surface area contributed by atoms with E-state index in [1.807, 2.05) is 0 Å². The minimum absolute atomic E-state index is 0.0702. The van der Waals surface area contributed by atoms with Gasteiger partial charge in [0.2, 0.25) is 10.0 Å². The summed E-state index contributed by atoms with van der Waals surface area (Å²) in [5.41, 5.74) is 1.16. The van der Waals surface area contributed by atoms with Crippen molar-refractivity contribution in [2.75, 3.05) is 17.5 Å². The molecule has 3 N–H and O–H groups in total. The number of ether oxygens (including phenoxy) is 1. The average Bonchev–Trinajstić information content (AvgIpc) is 2.56. The second kappa shape index (κ2) is 9.79. The van der Waals surface area contributed by atoms with Crippen molar-refractivity contribution in [1.29, 1.82) is 0 Å². The summed E-state index contributed by atoms with van der Waals surface area (Å²) >= 11 is 12.7. The third-order valence-corrected chi connectivity index (χ3v) is 5.31. The van der Waals surface area contributed by atoms with Gasteiger partial charge in [0, 0.05) is 10.6 Å². The summed E-state index contributed by atoms with van der Waals surface area (Å²) in [6, 6.07) is 7.67. The highest BCUT2D eigenvalue weighted by Crippen LogP contribution is 2.35. The van der Waals surface area contributed by atoms with Crippen LogP contribution in [0.25, 0.3) is 0 Å². The van der Waals surface area contributed by atoms with E-state index in [4.69, 9.17) is 21.4 Å². The number of hydrogen-bond donors (Lipinski definition) is 3. The molecule has 0 bridgehead atoms. The Labute approximate surface area is 188 Å². The first-order chi connectivity index (χ1) is 13.4. The lowest BCUT2D eigenvalue weighted by Gasteiger charge is -2.13. The molecule has 2 aromatic rings. The van der Waals surface area contributed by atoms with Gasteiger partial charge in [-0.05, 0) is 67.8 Å². The highest BCUT2D eigenvalue weighted by atomic mass is 79.9. The second-order valence-electron chi connectivity index (χ2n) is 5.86. The highest BCUT2D eigenvalue weighted by molar-refractivity contribution is 9.11. The van der Waals surface area contributed by atoms with E-state index < -0.39 is 28.4 Å². The third-order valence-electron chi connectivity index (χ3n) is 3.30. The number of carbonyl (C=O) groups excluding carboxylic acids is 1. The van der Waals surface area contributed by atoms with Gasteiger partial charge in [-0.1, -0.05) is 11.6 Å². The molecule has 0 atom stereocenters. The van der Waals surface area contributed by atoms with Crippen molar-refractivity contribution in [3.63, 3.8) is 0 Å². The Bertz CT molecular complexity index is 1040. The van der Waals surface area contributed by atoms with E-state index in [-0.39, 0.29) is 12.2 Å². The SMILES string of the molecule is CS(=O)(=O)Nc1cc(Cl)cc(COc2c(Br)cc(C(=O)NCC(=O)O)cc2Br)c1. The van der Waals surface area contributed by atoms with Crippen molar-refractivity contribution in [3.8, 4) is 5.75 Å². The first-order valence-electron chi connectivity index (χ1n) is 7.83. The summed E-state index contributed by atoms with van der Waals surface area (Å²) in [7, 11) is -3.45. The van der Waals surface area contributed by atoms with E-state index in [1.165, 1.54) is 18.2 Å². The molecule has 0 unspecified atom stereocenters. The summed E-state index contributed by atoms with van der Waals surface area (Å²) in [5, 5.41) is 11.2. The van der Waals surface area contributed by atoms with Gasteiger partial charge in [-0.3, -0.25) is 14.3 Å². The Balaban J connectivity index is 2.17. The Kier molecular flexibility index (Phi) is 7.92. The Morgan fingerprint density at radius 3 is 2.31 bits per heavy atom. The summed E-state index contributed by atoms with van der Waals surface area (Å²) in [6.07, 6.45) is 1.03. The van der Waals surface area contributed by atoms with Crippen LogP contribution in [0.3, 0.4) is 0 Å². The zero-order chi connectivity index (χ0) is 21.8. The number of amides is 1. The van der Waals surface area contributed by atoms with E-state index in [9.17, 15) is 18.0 Å². The lowest BCUT2D eigenvalue weighted by Crippen LogP contribution is -2.29. The molecule has 2 aromatic carbocycles. The Hall–Kier alpha value is -1.82. The van der Waals surface area contributed by atoms with Crippen molar-refractivity contribution in [3.05, 3.63) is 55.4 Å². The molecule has 0 heterocycles. The summed E-state index contributed by atoms with van der Waals surface area (Å²) in [5.74, 6) is -1.30. The topological polar surface area (TPSA) is 122 Å². The molecule has 0 saturated carbocycles. The molecular formula is C17H15Br2ClN2O6S. The number of rotatable bonds is 8. The molecule has 2 rings (SSSR count). The van der Waals surface area contributed by atoms with Crippen LogP contribution in [0.4, 0.5) is 5.69 Å². The van der Waals surface area contributed by atoms with E-state index in [0.717, 1.165) is 6.26 Å². The van der Waals surface area contributed by atoms with E-state index in [0.29, 0.717) is 31.0 Å². The van der Waals surface area contributed by atoms with Crippen LogP contribution in [-0.2, 0) is 21.4 Å². The van der Waals surface area contributed by atoms with Gasteiger partial charge in [-0.15, -0.1) is 0 Å². The Morgan fingerprint density at radius 2 is 1.76 bits per heavy atom. The number of anilines is 1. The number of sulfonamides is 1. The van der Waals surface area contributed by atoms with Gasteiger partial charge >= 0.3 is 5.97 Å². The molecule has 0 radical (unpaired) electrons. The number of hydrogen-bond acceptors (Lipinski definition) is 5. The van der Waals surface area contributed by atoms with Crippen LogP contribution in [0.1, 0.15) is 15.9 Å². The molecule has 1 amide bonds. The zero-order valence-electron chi connectivity index (χ0n) is 14.8. The van der Waals surface area contributed by atoms with Crippen molar-refractivity contribution in [2.45, 2.75) is 6.61 Å². The average molecular weight is 571 g/mol. The molecule has 0 aliphatic rings. The normalized spacial score (nSPS) is 11.0. The zero-order valence-corrected chi connectivity index (χ0v) is 19.6. The number of carboxylic acids is 1. The number of halogens is 3. The molecule has 29 heavy (non-hydrogen) atoms. The van der Waals surface area contributed by atoms with Crippen LogP contribution in [0.5, 0.6) is 5.75 Å². The molecule has 0 aromatic heterocycles. The van der Waals surface area contributed by atoms with Gasteiger partial charge in [0.1, 0.15) is 18.9 Å². The standard InChI is InChI=1S/C17H15Br2ClN2O6S/c1-29(26,27)22-12-3-9(2-11(20)6-12)8-28-16-13(18)4-10(5-14(16)19)17(25)21-7-15(23)24/h2-6,22H,7-8H2,1H3,(H,21,25)(H,23,24). The monoisotopic (exact) mass is 568 g/mol. The molecule has 0 aliphatic heterocycles. The molecule has 12 heteroatoms. The fourth-order valence-electron chi connectivity index (χ4n) is 2.25. The molecule has 156 valence electrons. The van der Waals surface area contributed by atoms with Gasteiger partial charge in [-0.25, -0.2) is 8.42 Å². The smallest absolute Gasteiger partial charge is 0.322 e. The molecule has 0 spiro atoms. The predicted octanol–water partition coefficient (Wildman–Crippen LogP) is 3.63. The molecule has 0 aliphatic carbocycles. The van der Waals surface area contributed by atoms with Gasteiger partial charge in [0.25, 0.3) is 5.91 Å². The maximum Gasteiger partial charge on any atom is 0.322 e. The summed E-state index contributed by atoms with van der Waals surface area (Å²) < 4.78 is 31.8. The summed E-state index contributed by atoms with van der Waals surface area (Å²) in [4.78, 5) is 22.6. The lowest BCUT2D eigenvalue weighted by molar-refractivity contribution is -0.135. The van der Waals surface area contributed by atoms with Crippen LogP contribution >= 0.6 is 43.5 Å². The minimum atomic E-state index is -3.45. The van der Waals surface area contributed by atoms with Gasteiger partial charge in [0.15, 0.2) is 0 Å². The van der Waals surface area contributed by atoms with Gasteiger partial charge in [-0.2, -0.15) is 0 Å². The van der Waals surface area contributed by atoms with Crippen molar-refractivity contribution in [1.82, 2.24) is 5.32 Å². The number of carboxylic acid groups (broad SMARTS) is 1. The number of nitrogens with one attached hydrogen (secondary N) is 2. The van der Waals surface area contributed by atoms with Crippen LogP contribution < -0.4 is 14.8 Å².